The number of amides is 1. The van der Waals surface area contributed by atoms with E-state index in [-0.39, 0.29) is 18.5 Å². The molecule has 3 aromatic rings. The molecular weight excluding hydrogens is 420 g/mol. The van der Waals surface area contributed by atoms with E-state index in [4.69, 9.17) is 4.74 Å². The summed E-state index contributed by atoms with van der Waals surface area (Å²) in [4.78, 5) is 18.9. The van der Waals surface area contributed by atoms with E-state index in [1.807, 2.05) is 44.3 Å². The first-order chi connectivity index (χ1) is 15.9. The zero-order valence-electron chi connectivity index (χ0n) is 19.4. The Balaban J connectivity index is 1.26. The molecule has 1 aliphatic heterocycles. The third kappa shape index (κ3) is 5.68. The van der Waals surface area contributed by atoms with Gasteiger partial charge < -0.3 is 25.4 Å². The second-order valence-electron chi connectivity index (χ2n) is 8.60. The zero-order valence-corrected chi connectivity index (χ0v) is 19.4. The summed E-state index contributed by atoms with van der Waals surface area (Å²) in [6.45, 7) is 4.45. The fourth-order valence-corrected chi connectivity index (χ4v) is 4.38. The number of rotatable bonds is 8. The summed E-state index contributed by atoms with van der Waals surface area (Å²) in [5, 5.41) is 22.4. The van der Waals surface area contributed by atoms with Crippen LogP contribution in [0.5, 0.6) is 5.75 Å². The molecule has 33 heavy (non-hydrogen) atoms. The van der Waals surface area contributed by atoms with Crippen molar-refractivity contribution in [2.75, 3.05) is 38.6 Å². The second kappa shape index (κ2) is 10.3. The molecule has 1 atom stereocenters. The van der Waals surface area contributed by atoms with Crippen LogP contribution in [0.4, 0.5) is 5.82 Å². The average molecular weight is 453 g/mol. The minimum atomic E-state index is -0.611. The number of piperidine rings is 1. The number of aromatic nitrogens is 3. The minimum Gasteiger partial charge on any atom is -0.497 e. The van der Waals surface area contributed by atoms with Crippen molar-refractivity contribution in [3.63, 3.8) is 0 Å². The number of nitrogens with one attached hydrogen (secondary N) is 2. The Morgan fingerprint density at radius 1 is 1.27 bits per heavy atom. The predicted molar refractivity (Wildman–Crippen MR) is 127 cm³/mol. The molecule has 1 aliphatic rings. The number of pyridine rings is 1. The number of aryl methyl sites for hydroxylation is 2. The second-order valence-corrected chi connectivity index (χ2v) is 8.60. The van der Waals surface area contributed by atoms with Gasteiger partial charge in [-0.25, -0.2) is 0 Å². The van der Waals surface area contributed by atoms with E-state index in [0.29, 0.717) is 12.4 Å². The Morgan fingerprint density at radius 3 is 2.76 bits per heavy atom. The maximum Gasteiger partial charge on any atom is 0.239 e. The summed E-state index contributed by atoms with van der Waals surface area (Å²) in [6.07, 6.45) is 2.98. The van der Waals surface area contributed by atoms with Crippen molar-refractivity contribution >= 4 is 22.6 Å². The lowest BCUT2D eigenvalue weighted by atomic mass is 10.0. The first-order valence-electron chi connectivity index (χ1n) is 11.3. The van der Waals surface area contributed by atoms with Gasteiger partial charge >= 0.3 is 0 Å². The standard InChI is InChI=1S/C24H32N6O3/c1-16-12-23(29(2)28-16)27-24(32)14-26-17-7-10-30(11-8-17)15-22(31)19-6-9-25-21-5-4-18(33-3)13-20(19)21/h4-6,9,12-13,17,22,26,31H,7-8,10-11,14-15H2,1-3H3,(H,27,32)/t22-/m0/s1. The number of methoxy groups -OCH3 is 1. The SMILES string of the molecule is COc1ccc2nccc([C@@H](O)CN3CCC(NCC(=O)Nc4cc(C)nn4C)CC3)c2c1. The topological polar surface area (TPSA) is 105 Å². The lowest BCUT2D eigenvalue weighted by Crippen LogP contribution is -2.45. The molecule has 0 unspecified atom stereocenters. The van der Waals surface area contributed by atoms with E-state index < -0.39 is 6.10 Å². The van der Waals surface area contributed by atoms with E-state index in [1.54, 1.807) is 18.0 Å². The highest BCUT2D eigenvalue weighted by Crippen LogP contribution is 2.27. The maximum atomic E-state index is 12.3. The molecule has 9 heteroatoms. The number of nitrogens with zero attached hydrogens (tertiary/aromatic N) is 4. The number of anilines is 1. The number of hydrogen-bond donors (Lipinski definition) is 3. The summed E-state index contributed by atoms with van der Waals surface area (Å²) in [6, 6.07) is 9.72. The molecule has 0 spiro atoms. The van der Waals surface area contributed by atoms with Crippen molar-refractivity contribution in [2.24, 2.45) is 7.05 Å². The number of benzene rings is 1. The Kier molecular flexibility index (Phi) is 7.22. The lowest BCUT2D eigenvalue weighted by Gasteiger charge is -2.33. The smallest absolute Gasteiger partial charge is 0.239 e. The largest absolute Gasteiger partial charge is 0.497 e. The molecule has 1 aromatic carbocycles. The van der Waals surface area contributed by atoms with Crippen molar-refractivity contribution < 1.29 is 14.6 Å². The van der Waals surface area contributed by atoms with Crippen molar-refractivity contribution in [3.8, 4) is 5.75 Å². The predicted octanol–water partition coefficient (Wildman–Crippen LogP) is 2.01. The zero-order chi connectivity index (χ0) is 23.4. The molecule has 9 nitrogen and oxygen atoms in total. The Bertz CT molecular complexity index is 1110. The van der Waals surface area contributed by atoms with E-state index in [0.717, 1.165) is 53.8 Å². The number of aliphatic hydroxyl groups is 1. The highest BCUT2D eigenvalue weighted by molar-refractivity contribution is 5.91. The van der Waals surface area contributed by atoms with Crippen LogP contribution < -0.4 is 15.4 Å². The van der Waals surface area contributed by atoms with Gasteiger partial charge in [-0.15, -0.1) is 0 Å². The maximum absolute atomic E-state index is 12.3. The van der Waals surface area contributed by atoms with E-state index >= 15 is 0 Å². The summed E-state index contributed by atoms with van der Waals surface area (Å²) in [5.74, 6) is 1.37. The normalized spacial score (nSPS) is 16.1. The monoisotopic (exact) mass is 452 g/mol. The van der Waals surface area contributed by atoms with Crippen molar-refractivity contribution in [1.29, 1.82) is 0 Å². The molecule has 2 aromatic heterocycles. The van der Waals surface area contributed by atoms with Gasteiger partial charge in [0, 0.05) is 37.3 Å². The molecule has 176 valence electrons. The number of likely N-dealkylation sites (tertiary alicyclic amines) is 1. The van der Waals surface area contributed by atoms with Gasteiger partial charge in [0.15, 0.2) is 0 Å². The molecule has 0 bridgehead atoms. The molecule has 3 N–H and O–H groups in total. The third-order valence-electron chi connectivity index (χ3n) is 6.18. The number of aliphatic hydroxyl groups excluding tert-OH is 1. The molecule has 1 amide bonds. The van der Waals surface area contributed by atoms with Gasteiger partial charge in [0.25, 0.3) is 0 Å². The van der Waals surface area contributed by atoms with Gasteiger partial charge in [-0.3, -0.25) is 14.5 Å². The van der Waals surface area contributed by atoms with Crippen LogP contribution in [0.3, 0.4) is 0 Å². The molecule has 0 radical (unpaired) electrons. The van der Waals surface area contributed by atoms with E-state index in [2.05, 4.69) is 25.6 Å². The fourth-order valence-electron chi connectivity index (χ4n) is 4.38. The Hall–Kier alpha value is -3.01. The van der Waals surface area contributed by atoms with Crippen LogP contribution >= 0.6 is 0 Å². The third-order valence-corrected chi connectivity index (χ3v) is 6.18. The van der Waals surface area contributed by atoms with Crippen LogP contribution in [0.2, 0.25) is 0 Å². The quantitative estimate of drug-likeness (QED) is 0.480. The van der Waals surface area contributed by atoms with E-state index in [1.165, 1.54) is 0 Å². The molecule has 4 rings (SSSR count). The summed E-state index contributed by atoms with van der Waals surface area (Å²) >= 11 is 0. The number of hydrogen-bond acceptors (Lipinski definition) is 7. The number of β-amino-alcohol motifs (C(OH)–C–C–N with tert-alkyl or cyclic N) is 1. The highest BCUT2D eigenvalue weighted by Gasteiger charge is 2.23. The molecule has 1 saturated heterocycles. The Labute approximate surface area is 193 Å². The average Bonchev–Trinajstić information content (AvgIpc) is 3.13. The van der Waals surface area contributed by atoms with E-state index in [9.17, 15) is 9.90 Å². The van der Waals surface area contributed by atoms with Crippen LogP contribution in [0.25, 0.3) is 10.9 Å². The summed E-state index contributed by atoms with van der Waals surface area (Å²) in [7, 11) is 3.45. The molecule has 0 saturated carbocycles. The van der Waals surface area contributed by atoms with Gasteiger partial charge in [0.05, 0.1) is 31.0 Å². The number of fused-ring (bicyclic) bond motifs is 1. The van der Waals surface area contributed by atoms with Crippen molar-refractivity contribution in [1.82, 2.24) is 25.0 Å². The molecule has 3 heterocycles. The van der Waals surface area contributed by atoms with Gasteiger partial charge in [0.1, 0.15) is 11.6 Å². The van der Waals surface area contributed by atoms with Crippen LogP contribution in [0.1, 0.15) is 30.2 Å². The van der Waals surface area contributed by atoms with Gasteiger partial charge in [-0.05, 0) is 62.7 Å². The summed E-state index contributed by atoms with van der Waals surface area (Å²) in [5.41, 5.74) is 2.57. The van der Waals surface area contributed by atoms with Gasteiger partial charge in [-0.1, -0.05) is 0 Å². The highest BCUT2D eigenvalue weighted by atomic mass is 16.5. The lowest BCUT2D eigenvalue weighted by molar-refractivity contribution is -0.115. The first kappa shape index (κ1) is 23.2. The van der Waals surface area contributed by atoms with Crippen molar-refractivity contribution in [2.45, 2.75) is 31.9 Å². The molecular formula is C24H32N6O3. The summed E-state index contributed by atoms with van der Waals surface area (Å²) < 4.78 is 7.00. The minimum absolute atomic E-state index is 0.0733. The van der Waals surface area contributed by atoms with Gasteiger partial charge in [-0.2, -0.15) is 5.10 Å². The van der Waals surface area contributed by atoms with Crippen LogP contribution in [0.15, 0.2) is 36.5 Å². The van der Waals surface area contributed by atoms with Crippen LogP contribution in [0, 0.1) is 6.92 Å². The van der Waals surface area contributed by atoms with Crippen molar-refractivity contribution in [3.05, 3.63) is 47.8 Å². The molecule has 1 fully saturated rings. The van der Waals surface area contributed by atoms with Crippen LogP contribution in [-0.2, 0) is 11.8 Å². The number of ether oxygens (including phenoxy) is 1. The molecule has 0 aliphatic carbocycles. The number of carbonyl (C=O) groups is 1. The first-order valence-corrected chi connectivity index (χ1v) is 11.3. The fraction of sp³-hybridized carbons (Fsp3) is 0.458. The van der Waals surface area contributed by atoms with Gasteiger partial charge in [0.2, 0.25) is 5.91 Å². The number of carbonyl (C=O) groups excluding carboxylic acids is 1. The van der Waals surface area contributed by atoms with Crippen LogP contribution in [-0.4, -0.2) is 70.0 Å². The Morgan fingerprint density at radius 2 is 2.06 bits per heavy atom.